The lowest BCUT2D eigenvalue weighted by atomic mass is 9.99. The first-order chi connectivity index (χ1) is 7.87. The molecule has 0 spiro atoms. The normalized spacial score (nSPS) is 23.8. The minimum atomic E-state index is -2.97. The fourth-order valence-electron chi connectivity index (χ4n) is 1.87. The van der Waals surface area contributed by atoms with Gasteiger partial charge in [0.1, 0.15) is 0 Å². The van der Waals surface area contributed by atoms with Gasteiger partial charge in [-0.05, 0) is 12.3 Å². The SMILES string of the molecule is CC[C@H](C)[C@H](N)C(=O)N1CCCS(=O)(=O)CC1. The van der Waals surface area contributed by atoms with Crippen molar-refractivity contribution < 1.29 is 13.2 Å². The van der Waals surface area contributed by atoms with E-state index in [0.29, 0.717) is 13.0 Å². The van der Waals surface area contributed by atoms with E-state index < -0.39 is 15.9 Å². The van der Waals surface area contributed by atoms with Crippen LogP contribution in [0.2, 0.25) is 0 Å². The highest BCUT2D eigenvalue weighted by Gasteiger charge is 2.28. The second-order valence-corrected chi connectivity index (χ2v) is 7.05. The molecular formula is C11H22N2O3S. The lowest BCUT2D eigenvalue weighted by molar-refractivity contribution is -0.133. The van der Waals surface area contributed by atoms with Crippen LogP contribution in [0.4, 0.5) is 0 Å². The van der Waals surface area contributed by atoms with E-state index in [4.69, 9.17) is 5.73 Å². The van der Waals surface area contributed by atoms with Crippen molar-refractivity contribution in [2.24, 2.45) is 11.7 Å². The van der Waals surface area contributed by atoms with E-state index >= 15 is 0 Å². The van der Waals surface area contributed by atoms with Gasteiger partial charge in [0.2, 0.25) is 5.91 Å². The average Bonchev–Trinajstić information content (AvgIpc) is 2.47. The van der Waals surface area contributed by atoms with Crippen molar-refractivity contribution in [3.05, 3.63) is 0 Å². The van der Waals surface area contributed by atoms with Gasteiger partial charge in [0.15, 0.2) is 9.84 Å². The molecule has 2 N–H and O–H groups in total. The van der Waals surface area contributed by atoms with Crippen molar-refractivity contribution in [3.8, 4) is 0 Å². The lowest BCUT2D eigenvalue weighted by Crippen LogP contribution is -2.47. The second kappa shape index (κ2) is 5.82. The molecule has 0 aromatic carbocycles. The molecule has 2 atom stereocenters. The molecule has 1 heterocycles. The molecule has 1 aliphatic heterocycles. The summed E-state index contributed by atoms with van der Waals surface area (Å²) in [5.74, 6) is 0.250. The number of nitrogens with two attached hydrogens (primary N) is 1. The van der Waals surface area contributed by atoms with Gasteiger partial charge in [-0.25, -0.2) is 8.42 Å². The maximum atomic E-state index is 12.1. The predicted octanol–water partition coefficient (Wildman–Crippen LogP) is 0.00690. The number of hydrogen-bond donors (Lipinski definition) is 1. The summed E-state index contributed by atoms with van der Waals surface area (Å²) >= 11 is 0. The molecule has 6 heteroatoms. The first-order valence-electron chi connectivity index (χ1n) is 6.12. The smallest absolute Gasteiger partial charge is 0.239 e. The van der Waals surface area contributed by atoms with E-state index in [1.54, 1.807) is 4.90 Å². The van der Waals surface area contributed by atoms with Crippen LogP contribution in [0.1, 0.15) is 26.7 Å². The van der Waals surface area contributed by atoms with Crippen LogP contribution in [0, 0.1) is 5.92 Å². The number of carbonyl (C=O) groups excluding carboxylic acids is 1. The summed E-state index contributed by atoms with van der Waals surface area (Å²) in [5.41, 5.74) is 5.88. The van der Waals surface area contributed by atoms with E-state index in [-0.39, 0.29) is 29.9 Å². The van der Waals surface area contributed by atoms with Gasteiger partial charge in [-0.15, -0.1) is 0 Å². The van der Waals surface area contributed by atoms with Gasteiger partial charge in [-0.1, -0.05) is 20.3 Å². The first-order valence-corrected chi connectivity index (χ1v) is 7.94. The van der Waals surface area contributed by atoms with Crippen LogP contribution in [0.25, 0.3) is 0 Å². The quantitative estimate of drug-likeness (QED) is 0.776. The van der Waals surface area contributed by atoms with E-state index in [1.807, 2.05) is 13.8 Å². The van der Waals surface area contributed by atoms with Crippen LogP contribution in [-0.2, 0) is 14.6 Å². The van der Waals surface area contributed by atoms with Crippen LogP contribution < -0.4 is 5.73 Å². The van der Waals surface area contributed by atoms with Crippen LogP contribution in [0.5, 0.6) is 0 Å². The molecule has 0 unspecified atom stereocenters. The Hall–Kier alpha value is -0.620. The minimum Gasteiger partial charge on any atom is -0.340 e. The zero-order chi connectivity index (χ0) is 13.1. The molecule has 17 heavy (non-hydrogen) atoms. The molecule has 0 bridgehead atoms. The number of hydrogen-bond acceptors (Lipinski definition) is 4. The second-order valence-electron chi connectivity index (χ2n) is 4.74. The summed E-state index contributed by atoms with van der Waals surface area (Å²) in [6, 6.07) is -0.513. The van der Waals surface area contributed by atoms with Gasteiger partial charge in [0.05, 0.1) is 17.5 Å². The molecule has 0 saturated carbocycles. The molecule has 1 amide bonds. The van der Waals surface area contributed by atoms with Crippen LogP contribution in [-0.4, -0.2) is 49.9 Å². The zero-order valence-electron chi connectivity index (χ0n) is 10.6. The summed E-state index contributed by atoms with van der Waals surface area (Å²) in [6.07, 6.45) is 1.36. The summed E-state index contributed by atoms with van der Waals surface area (Å²) in [4.78, 5) is 13.7. The Labute approximate surface area is 103 Å². The molecule has 5 nitrogen and oxygen atoms in total. The Morgan fingerprint density at radius 1 is 1.35 bits per heavy atom. The number of carbonyl (C=O) groups is 1. The maximum Gasteiger partial charge on any atom is 0.239 e. The van der Waals surface area contributed by atoms with Crippen molar-refractivity contribution in [3.63, 3.8) is 0 Å². The Morgan fingerprint density at radius 2 is 2.00 bits per heavy atom. The number of nitrogens with zero attached hydrogens (tertiary/aromatic N) is 1. The summed E-state index contributed by atoms with van der Waals surface area (Å²) in [5, 5.41) is 0. The van der Waals surface area contributed by atoms with Crippen molar-refractivity contribution in [1.29, 1.82) is 0 Å². The fourth-order valence-corrected chi connectivity index (χ4v) is 3.14. The predicted molar refractivity (Wildman–Crippen MR) is 67.3 cm³/mol. The van der Waals surface area contributed by atoms with Crippen LogP contribution in [0.3, 0.4) is 0 Å². The van der Waals surface area contributed by atoms with Crippen molar-refractivity contribution >= 4 is 15.7 Å². The number of rotatable bonds is 3. The third-order valence-corrected chi connectivity index (χ3v) is 5.12. The summed E-state index contributed by atoms with van der Waals surface area (Å²) < 4.78 is 22.9. The third-order valence-electron chi connectivity index (χ3n) is 3.41. The van der Waals surface area contributed by atoms with Gasteiger partial charge in [0.25, 0.3) is 0 Å². The highest BCUT2D eigenvalue weighted by atomic mass is 32.2. The topological polar surface area (TPSA) is 80.5 Å². The van der Waals surface area contributed by atoms with Crippen molar-refractivity contribution in [1.82, 2.24) is 4.90 Å². The Bertz CT molecular complexity index is 367. The van der Waals surface area contributed by atoms with E-state index in [2.05, 4.69) is 0 Å². The standard InChI is InChI=1S/C11H22N2O3S/c1-3-9(2)10(12)11(14)13-5-4-7-17(15,16)8-6-13/h9-10H,3-8,12H2,1-2H3/t9-,10-/m0/s1. The number of sulfone groups is 1. The van der Waals surface area contributed by atoms with Crippen molar-refractivity contribution in [2.45, 2.75) is 32.7 Å². The van der Waals surface area contributed by atoms with E-state index in [9.17, 15) is 13.2 Å². The highest BCUT2D eigenvalue weighted by molar-refractivity contribution is 7.91. The maximum absolute atomic E-state index is 12.1. The molecule has 100 valence electrons. The van der Waals surface area contributed by atoms with Crippen LogP contribution >= 0.6 is 0 Å². The summed E-state index contributed by atoms with van der Waals surface area (Å²) in [6.45, 7) is 4.72. The van der Waals surface area contributed by atoms with Gasteiger partial charge >= 0.3 is 0 Å². The lowest BCUT2D eigenvalue weighted by Gasteiger charge is -2.26. The molecule has 0 aromatic rings. The number of amides is 1. The Kier molecular flexibility index (Phi) is 4.94. The van der Waals surface area contributed by atoms with E-state index in [0.717, 1.165) is 6.42 Å². The third kappa shape index (κ3) is 3.96. The summed E-state index contributed by atoms with van der Waals surface area (Å²) in [7, 11) is -2.97. The average molecular weight is 262 g/mol. The van der Waals surface area contributed by atoms with Crippen LogP contribution in [0.15, 0.2) is 0 Å². The first kappa shape index (κ1) is 14.4. The molecule has 0 aromatic heterocycles. The Balaban J connectivity index is 2.64. The Morgan fingerprint density at radius 3 is 2.59 bits per heavy atom. The molecule has 1 aliphatic rings. The van der Waals surface area contributed by atoms with Gasteiger partial charge in [0, 0.05) is 13.1 Å². The van der Waals surface area contributed by atoms with Gasteiger partial charge in [-0.3, -0.25) is 4.79 Å². The molecule has 1 rings (SSSR count). The fraction of sp³-hybridized carbons (Fsp3) is 0.909. The molecular weight excluding hydrogens is 240 g/mol. The molecule has 1 saturated heterocycles. The zero-order valence-corrected chi connectivity index (χ0v) is 11.4. The highest BCUT2D eigenvalue weighted by Crippen LogP contribution is 2.11. The van der Waals surface area contributed by atoms with Gasteiger partial charge < -0.3 is 10.6 Å². The molecule has 0 aliphatic carbocycles. The van der Waals surface area contributed by atoms with E-state index in [1.165, 1.54) is 0 Å². The minimum absolute atomic E-state index is 0.0615. The van der Waals surface area contributed by atoms with Crippen molar-refractivity contribution in [2.75, 3.05) is 24.6 Å². The largest absolute Gasteiger partial charge is 0.340 e. The molecule has 1 fully saturated rings. The monoisotopic (exact) mass is 262 g/mol. The van der Waals surface area contributed by atoms with Gasteiger partial charge in [-0.2, -0.15) is 0 Å². The molecule has 0 radical (unpaired) electrons.